The number of nitrogens with one attached hydrogen (secondary N) is 1. The Morgan fingerprint density at radius 3 is 2.85 bits per heavy atom. The molecule has 140 valence electrons. The molecule has 1 N–H and O–H groups in total. The van der Waals surface area contributed by atoms with Gasteiger partial charge in [-0.15, -0.1) is 0 Å². The number of piperazine rings is 1. The van der Waals surface area contributed by atoms with Gasteiger partial charge in [0, 0.05) is 50.6 Å². The van der Waals surface area contributed by atoms with Gasteiger partial charge in [-0.05, 0) is 37.6 Å². The predicted molar refractivity (Wildman–Crippen MR) is 103 cm³/mol. The fraction of sp³-hybridized carbons (Fsp3) is 0.474. The van der Waals surface area contributed by atoms with Crippen molar-refractivity contribution < 1.29 is 4.79 Å². The molecule has 1 aliphatic rings. The number of hydrogen-bond donors (Lipinski definition) is 1. The van der Waals surface area contributed by atoms with Crippen molar-refractivity contribution in [2.75, 3.05) is 33.2 Å². The summed E-state index contributed by atoms with van der Waals surface area (Å²) in [6, 6.07) is 6.10. The van der Waals surface area contributed by atoms with Gasteiger partial charge in [0.2, 0.25) is 0 Å². The Morgan fingerprint density at radius 1 is 1.35 bits per heavy atom. The number of aromatic nitrogens is 2. The molecule has 0 spiro atoms. The number of carbonyl (C=O) groups is 1. The molecule has 1 aromatic carbocycles. The number of hydrogen-bond acceptors (Lipinski definition) is 3. The van der Waals surface area contributed by atoms with Crippen molar-refractivity contribution in [1.29, 1.82) is 0 Å². The number of halogens is 1. The van der Waals surface area contributed by atoms with E-state index in [1.54, 1.807) is 6.20 Å². The molecule has 1 fully saturated rings. The molecular formula is C19H26ClN5O. The summed E-state index contributed by atoms with van der Waals surface area (Å²) in [6.45, 7) is 4.81. The monoisotopic (exact) mass is 375 g/mol. The van der Waals surface area contributed by atoms with E-state index in [2.05, 4.69) is 28.3 Å². The average Bonchev–Trinajstić information content (AvgIpc) is 3.04. The van der Waals surface area contributed by atoms with Crippen LogP contribution in [0.15, 0.2) is 30.6 Å². The maximum Gasteiger partial charge on any atom is 0.317 e. The molecule has 0 bridgehead atoms. The molecule has 1 aliphatic heterocycles. The van der Waals surface area contributed by atoms with Crippen molar-refractivity contribution in [2.24, 2.45) is 7.05 Å². The van der Waals surface area contributed by atoms with Crippen molar-refractivity contribution in [2.45, 2.75) is 19.4 Å². The van der Waals surface area contributed by atoms with Crippen LogP contribution in [-0.2, 0) is 13.5 Å². The van der Waals surface area contributed by atoms with Gasteiger partial charge in [0.05, 0.1) is 6.04 Å². The number of urea groups is 1. The van der Waals surface area contributed by atoms with Crippen molar-refractivity contribution in [1.82, 2.24) is 24.7 Å². The third kappa shape index (κ3) is 4.19. The van der Waals surface area contributed by atoms with Gasteiger partial charge in [-0.25, -0.2) is 9.78 Å². The molecular weight excluding hydrogens is 350 g/mol. The Kier molecular flexibility index (Phi) is 5.84. The summed E-state index contributed by atoms with van der Waals surface area (Å²) in [4.78, 5) is 21.2. The van der Waals surface area contributed by atoms with Gasteiger partial charge < -0.3 is 14.8 Å². The predicted octanol–water partition coefficient (Wildman–Crippen LogP) is 2.62. The van der Waals surface area contributed by atoms with E-state index in [0.29, 0.717) is 13.1 Å². The summed E-state index contributed by atoms with van der Waals surface area (Å²) in [6.07, 6.45) is 4.53. The van der Waals surface area contributed by atoms with E-state index in [-0.39, 0.29) is 12.1 Å². The van der Waals surface area contributed by atoms with Gasteiger partial charge in [0.25, 0.3) is 0 Å². The molecule has 3 rings (SSSR count). The van der Waals surface area contributed by atoms with Crippen LogP contribution in [0.5, 0.6) is 0 Å². The first-order chi connectivity index (χ1) is 12.5. The third-order valence-electron chi connectivity index (χ3n) is 5.00. The Hall–Kier alpha value is -2.05. The lowest BCUT2D eigenvalue weighted by atomic mass is 10.1. The summed E-state index contributed by atoms with van der Waals surface area (Å²) in [5.41, 5.74) is 2.24. The second kappa shape index (κ2) is 8.10. The first-order valence-corrected chi connectivity index (χ1v) is 9.28. The maximum atomic E-state index is 12.6. The Bertz CT molecular complexity index is 775. The van der Waals surface area contributed by atoms with Crippen LogP contribution in [0.2, 0.25) is 5.02 Å². The minimum absolute atomic E-state index is 0.0111. The second-order valence-corrected chi connectivity index (χ2v) is 7.31. The molecule has 0 radical (unpaired) electrons. The zero-order valence-corrected chi connectivity index (χ0v) is 16.3. The van der Waals surface area contributed by atoms with Crippen molar-refractivity contribution in [3.8, 4) is 0 Å². The summed E-state index contributed by atoms with van der Waals surface area (Å²) >= 11 is 6.06. The van der Waals surface area contributed by atoms with E-state index >= 15 is 0 Å². The zero-order chi connectivity index (χ0) is 18.7. The average molecular weight is 376 g/mol. The first-order valence-electron chi connectivity index (χ1n) is 8.91. The lowest BCUT2D eigenvalue weighted by Crippen LogP contribution is -2.52. The summed E-state index contributed by atoms with van der Waals surface area (Å²) < 4.78 is 2.02. The number of aryl methyl sites for hydroxylation is 2. The maximum absolute atomic E-state index is 12.6. The third-order valence-corrected chi connectivity index (χ3v) is 5.43. The van der Waals surface area contributed by atoms with E-state index in [1.807, 2.05) is 41.8 Å². The van der Waals surface area contributed by atoms with Gasteiger partial charge >= 0.3 is 6.03 Å². The van der Waals surface area contributed by atoms with Crippen LogP contribution in [0.1, 0.15) is 23.0 Å². The lowest BCUT2D eigenvalue weighted by molar-refractivity contribution is 0.104. The van der Waals surface area contributed by atoms with E-state index in [1.165, 1.54) is 5.56 Å². The van der Waals surface area contributed by atoms with Crippen molar-refractivity contribution in [3.05, 3.63) is 52.6 Å². The zero-order valence-electron chi connectivity index (χ0n) is 15.6. The van der Waals surface area contributed by atoms with Gasteiger partial charge in [0.1, 0.15) is 5.82 Å². The molecule has 1 atom stereocenters. The van der Waals surface area contributed by atoms with Crippen LogP contribution in [0.4, 0.5) is 4.79 Å². The van der Waals surface area contributed by atoms with Crippen molar-refractivity contribution in [3.63, 3.8) is 0 Å². The number of benzene rings is 1. The molecule has 2 amide bonds. The van der Waals surface area contributed by atoms with Gasteiger partial charge in [-0.3, -0.25) is 4.90 Å². The Labute approximate surface area is 159 Å². The fourth-order valence-corrected chi connectivity index (χ4v) is 3.44. The second-order valence-electron chi connectivity index (χ2n) is 6.90. The largest absolute Gasteiger partial charge is 0.338 e. The highest BCUT2D eigenvalue weighted by molar-refractivity contribution is 6.31. The summed E-state index contributed by atoms with van der Waals surface area (Å²) in [5.74, 6) is 0.988. The molecule has 2 aromatic rings. The molecule has 7 heteroatoms. The van der Waals surface area contributed by atoms with E-state index < -0.39 is 0 Å². The SMILES string of the molecule is Cc1cc(CCNC(=O)N2CCN(C)C(c3nccn3C)C2)ccc1Cl. The van der Waals surface area contributed by atoms with Crippen molar-refractivity contribution >= 4 is 17.6 Å². The van der Waals surface area contributed by atoms with Gasteiger partial charge in [0.15, 0.2) is 0 Å². The van der Waals surface area contributed by atoms with Crippen LogP contribution in [0.3, 0.4) is 0 Å². The van der Waals surface area contributed by atoms with E-state index in [0.717, 1.165) is 35.9 Å². The first kappa shape index (κ1) is 18.7. The number of rotatable bonds is 4. The summed E-state index contributed by atoms with van der Waals surface area (Å²) in [7, 11) is 4.07. The highest BCUT2D eigenvalue weighted by Crippen LogP contribution is 2.22. The minimum atomic E-state index is -0.0111. The molecule has 1 aromatic heterocycles. The Balaban J connectivity index is 1.54. The number of likely N-dealkylation sites (N-methyl/N-ethyl adjacent to an activating group) is 1. The van der Waals surface area contributed by atoms with Gasteiger partial charge in [-0.2, -0.15) is 0 Å². The number of carbonyl (C=O) groups excluding carboxylic acids is 1. The van der Waals surface area contributed by atoms with Crippen LogP contribution >= 0.6 is 11.6 Å². The smallest absolute Gasteiger partial charge is 0.317 e. The number of amides is 2. The molecule has 6 nitrogen and oxygen atoms in total. The minimum Gasteiger partial charge on any atom is -0.338 e. The topological polar surface area (TPSA) is 53.4 Å². The number of imidazole rings is 1. The van der Waals surface area contributed by atoms with Gasteiger partial charge in [-0.1, -0.05) is 23.7 Å². The molecule has 1 saturated heterocycles. The standard InChI is InChI=1S/C19H26ClN5O/c1-14-12-15(4-5-16(14)20)6-7-22-19(26)25-11-10-23(2)17(13-25)18-21-8-9-24(18)3/h4-5,8-9,12,17H,6-7,10-11,13H2,1-3H3,(H,22,26). The lowest BCUT2D eigenvalue weighted by Gasteiger charge is -2.38. The highest BCUT2D eigenvalue weighted by Gasteiger charge is 2.30. The molecule has 1 unspecified atom stereocenters. The fourth-order valence-electron chi connectivity index (χ4n) is 3.32. The molecule has 0 aliphatic carbocycles. The van der Waals surface area contributed by atoms with Crippen LogP contribution in [0.25, 0.3) is 0 Å². The summed E-state index contributed by atoms with van der Waals surface area (Å²) in [5, 5.41) is 3.81. The molecule has 0 saturated carbocycles. The number of nitrogens with zero attached hydrogens (tertiary/aromatic N) is 4. The highest BCUT2D eigenvalue weighted by atomic mass is 35.5. The van der Waals surface area contributed by atoms with Crippen LogP contribution in [-0.4, -0.2) is 58.6 Å². The van der Waals surface area contributed by atoms with Crippen LogP contribution < -0.4 is 5.32 Å². The van der Waals surface area contributed by atoms with Crippen LogP contribution in [0, 0.1) is 6.92 Å². The molecule has 26 heavy (non-hydrogen) atoms. The Morgan fingerprint density at radius 2 is 2.15 bits per heavy atom. The van der Waals surface area contributed by atoms with E-state index in [9.17, 15) is 4.79 Å². The normalized spacial score (nSPS) is 18.2. The molecule has 2 heterocycles. The van der Waals surface area contributed by atoms with E-state index in [4.69, 9.17) is 11.6 Å². The quantitative estimate of drug-likeness (QED) is 0.893.